The minimum absolute atomic E-state index is 0.381. The minimum Gasteiger partial charge on any atom is -0.262 e. The van der Waals surface area contributed by atoms with Crippen molar-refractivity contribution in [1.29, 1.82) is 0 Å². The summed E-state index contributed by atoms with van der Waals surface area (Å²) in [4.78, 5) is 4.37. The van der Waals surface area contributed by atoms with Crippen LogP contribution in [0.2, 0.25) is 0 Å². The van der Waals surface area contributed by atoms with Gasteiger partial charge in [0.2, 0.25) is 5.16 Å². The summed E-state index contributed by atoms with van der Waals surface area (Å²) in [5.41, 5.74) is 0. The summed E-state index contributed by atoms with van der Waals surface area (Å²) >= 11 is 13.5. The molecule has 1 saturated carbocycles. The van der Waals surface area contributed by atoms with Crippen LogP contribution >= 0.6 is 35.0 Å². The Morgan fingerprint density at radius 2 is 2.27 bits per heavy atom. The summed E-state index contributed by atoms with van der Waals surface area (Å²) in [6, 6.07) is 0. The first-order chi connectivity index (χ1) is 6.99. The fourth-order valence-corrected chi connectivity index (χ4v) is 2.94. The third-order valence-electron chi connectivity index (χ3n) is 2.40. The molecule has 0 saturated heterocycles. The van der Waals surface area contributed by atoms with Crippen molar-refractivity contribution in [1.82, 2.24) is 15.2 Å². The Bertz CT molecular complexity index is 351. The topological polar surface area (TPSA) is 41.6 Å². The number of alkyl halides is 2. The van der Waals surface area contributed by atoms with Gasteiger partial charge in [-0.15, -0.1) is 28.3 Å². The lowest BCUT2D eigenvalue weighted by molar-refractivity contribution is 0.780. The van der Waals surface area contributed by atoms with Gasteiger partial charge >= 0.3 is 0 Å². The molecule has 3 nitrogen and oxygen atoms in total. The lowest BCUT2D eigenvalue weighted by Crippen LogP contribution is -1.93. The number of hydrogen-bond donors (Lipinski definition) is 1. The van der Waals surface area contributed by atoms with Crippen molar-refractivity contribution >= 4 is 35.0 Å². The maximum absolute atomic E-state index is 5.93. The average Bonchev–Trinajstić information content (AvgIpc) is 2.63. The van der Waals surface area contributed by atoms with E-state index in [0.717, 1.165) is 23.2 Å². The highest BCUT2D eigenvalue weighted by atomic mass is 35.5. The van der Waals surface area contributed by atoms with E-state index in [2.05, 4.69) is 29.0 Å². The number of halogens is 2. The molecule has 1 aromatic heterocycles. The first-order valence-electron chi connectivity index (χ1n) is 4.92. The predicted octanol–water partition coefficient (Wildman–Crippen LogP) is 3.21. The third-order valence-corrected chi connectivity index (χ3v) is 4.33. The zero-order valence-corrected chi connectivity index (χ0v) is 11.0. The Labute approximate surface area is 103 Å². The van der Waals surface area contributed by atoms with Crippen molar-refractivity contribution in [2.45, 2.75) is 35.7 Å². The number of nitrogens with zero attached hydrogens (tertiary/aromatic N) is 2. The summed E-state index contributed by atoms with van der Waals surface area (Å²) < 4.78 is -0.496. The van der Waals surface area contributed by atoms with Crippen molar-refractivity contribution in [3.8, 4) is 0 Å². The van der Waals surface area contributed by atoms with Crippen molar-refractivity contribution in [3.05, 3.63) is 5.82 Å². The number of H-pyrrole nitrogens is 1. The molecule has 15 heavy (non-hydrogen) atoms. The van der Waals surface area contributed by atoms with Crippen molar-refractivity contribution < 1.29 is 0 Å². The molecular weight excluding hydrogens is 253 g/mol. The Kier molecular flexibility index (Phi) is 3.20. The van der Waals surface area contributed by atoms with Crippen LogP contribution in [0.5, 0.6) is 0 Å². The second-order valence-electron chi connectivity index (χ2n) is 4.13. The maximum atomic E-state index is 5.93. The zero-order chi connectivity index (χ0) is 11.1. The molecular formula is C9H13Cl2N3S. The average molecular weight is 266 g/mol. The first kappa shape index (κ1) is 11.6. The minimum atomic E-state index is -0.496. The number of aromatic amines is 1. The molecule has 6 heteroatoms. The molecule has 0 bridgehead atoms. The van der Waals surface area contributed by atoms with Gasteiger partial charge in [0.1, 0.15) is 10.2 Å². The smallest absolute Gasteiger partial charge is 0.208 e. The zero-order valence-electron chi connectivity index (χ0n) is 8.63. The molecule has 1 atom stereocenters. The molecule has 84 valence electrons. The molecule has 1 N–H and O–H groups in total. The maximum Gasteiger partial charge on any atom is 0.208 e. The summed E-state index contributed by atoms with van der Waals surface area (Å²) in [6.07, 6.45) is 0.880. The molecule has 1 aliphatic carbocycles. The number of hydrogen-bond acceptors (Lipinski definition) is 3. The van der Waals surface area contributed by atoms with Crippen LogP contribution < -0.4 is 0 Å². The van der Waals surface area contributed by atoms with E-state index in [-0.39, 0.29) is 0 Å². The van der Waals surface area contributed by atoms with Crippen LogP contribution in [0.3, 0.4) is 0 Å². The lowest BCUT2D eigenvalue weighted by atomic mass is 10.2. The Morgan fingerprint density at radius 1 is 1.60 bits per heavy atom. The van der Waals surface area contributed by atoms with E-state index < -0.39 is 4.33 Å². The Hall–Kier alpha value is 0.0700. The van der Waals surface area contributed by atoms with Crippen LogP contribution in [0.25, 0.3) is 0 Å². The van der Waals surface area contributed by atoms with E-state index in [9.17, 15) is 0 Å². The first-order valence-corrected chi connectivity index (χ1v) is 6.66. The molecule has 1 aliphatic rings. The summed E-state index contributed by atoms with van der Waals surface area (Å²) in [6.45, 7) is 4.16. The van der Waals surface area contributed by atoms with Gasteiger partial charge in [-0.25, -0.2) is 4.98 Å². The van der Waals surface area contributed by atoms with Crippen LogP contribution in [0.1, 0.15) is 32.0 Å². The second-order valence-corrected chi connectivity index (χ2v) is 6.66. The molecule has 2 rings (SSSR count). The molecule has 0 unspecified atom stereocenters. The molecule has 0 radical (unpaired) electrons. The summed E-state index contributed by atoms with van der Waals surface area (Å²) in [5, 5.41) is 7.83. The van der Waals surface area contributed by atoms with Crippen molar-refractivity contribution in [2.24, 2.45) is 5.92 Å². The Morgan fingerprint density at radius 3 is 2.73 bits per heavy atom. The lowest BCUT2D eigenvalue weighted by Gasteiger charge is -1.97. The fourth-order valence-electron chi connectivity index (χ4n) is 1.21. The SMILES string of the molecule is CC(C)c1nc(SC[C@@H]2CC2(Cl)Cl)n[nH]1. The van der Waals surface area contributed by atoms with Gasteiger partial charge in [0.25, 0.3) is 0 Å². The molecule has 0 aromatic carbocycles. The van der Waals surface area contributed by atoms with Gasteiger partial charge in [-0.1, -0.05) is 25.6 Å². The number of rotatable bonds is 4. The summed E-state index contributed by atoms with van der Waals surface area (Å²) in [5.74, 6) is 2.58. The van der Waals surface area contributed by atoms with Gasteiger partial charge < -0.3 is 0 Å². The standard InChI is InChI=1S/C9H13Cl2N3S/c1-5(2)7-12-8(14-13-7)15-4-6-3-9(6,10)11/h5-6H,3-4H2,1-2H3,(H,12,13,14)/t6-/m0/s1. The monoisotopic (exact) mass is 265 g/mol. The van der Waals surface area contributed by atoms with E-state index >= 15 is 0 Å². The Balaban J connectivity index is 1.84. The number of thioether (sulfide) groups is 1. The van der Waals surface area contributed by atoms with Gasteiger partial charge in [0.05, 0.1) is 0 Å². The van der Waals surface area contributed by atoms with E-state index in [1.54, 1.807) is 11.8 Å². The van der Waals surface area contributed by atoms with Crippen LogP contribution in [0.4, 0.5) is 0 Å². The molecule has 1 heterocycles. The van der Waals surface area contributed by atoms with Gasteiger partial charge in [0, 0.05) is 17.6 Å². The highest BCUT2D eigenvalue weighted by Crippen LogP contribution is 2.54. The van der Waals surface area contributed by atoms with Crippen LogP contribution in [0.15, 0.2) is 5.16 Å². The normalized spacial score (nSPS) is 23.4. The molecule has 0 amide bonds. The quantitative estimate of drug-likeness (QED) is 0.672. The third kappa shape index (κ3) is 2.80. The van der Waals surface area contributed by atoms with Crippen molar-refractivity contribution in [2.75, 3.05) is 5.75 Å². The van der Waals surface area contributed by atoms with Gasteiger partial charge in [0.15, 0.2) is 0 Å². The number of nitrogens with one attached hydrogen (secondary N) is 1. The van der Waals surface area contributed by atoms with E-state index in [1.165, 1.54) is 0 Å². The predicted molar refractivity (Wildman–Crippen MR) is 63.7 cm³/mol. The van der Waals surface area contributed by atoms with Gasteiger partial charge in [-0.3, -0.25) is 5.10 Å². The van der Waals surface area contributed by atoms with E-state index in [4.69, 9.17) is 23.2 Å². The second kappa shape index (κ2) is 4.15. The van der Waals surface area contributed by atoms with Gasteiger partial charge in [-0.2, -0.15) is 0 Å². The van der Waals surface area contributed by atoms with E-state index in [1.807, 2.05) is 0 Å². The van der Waals surface area contributed by atoms with E-state index in [0.29, 0.717) is 11.8 Å². The molecule has 1 fully saturated rings. The molecule has 0 spiro atoms. The number of aromatic nitrogens is 3. The van der Waals surface area contributed by atoms with Gasteiger partial charge in [-0.05, 0) is 6.42 Å². The van der Waals surface area contributed by atoms with Crippen LogP contribution in [-0.2, 0) is 0 Å². The van der Waals surface area contributed by atoms with Crippen molar-refractivity contribution in [3.63, 3.8) is 0 Å². The fraction of sp³-hybridized carbons (Fsp3) is 0.778. The largest absolute Gasteiger partial charge is 0.262 e. The highest BCUT2D eigenvalue weighted by Gasteiger charge is 2.51. The van der Waals surface area contributed by atoms with Crippen LogP contribution in [-0.4, -0.2) is 25.3 Å². The highest BCUT2D eigenvalue weighted by molar-refractivity contribution is 7.99. The molecule has 0 aliphatic heterocycles. The molecule has 1 aromatic rings. The summed E-state index contributed by atoms with van der Waals surface area (Å²) in [7, 11) is 0. The van der Waals surface area contributed by atoms with Crippen LogP contribution in [0, 0.1) is 5.92 Å².